The molecular weight excluding hydrogens is 183 g/mol. The van der Waals surface area contributed by atoms with Gasteiger partial charge in [0.05, 0.1) is 0 Å². The van der Waals surface area contributed by atoms with Gasteiger partial charge in [-0.3, -0.25) is 9.59 Å². The summed E-state index contributed by atoms with van der Waals surface area (Å²) in [6.45, 7) is 2.46. The normalized spacial score (nSPS) is 6.80. The van der Waals surface area contributed by atoms with Gasteiger partial charge in [-0.05, 0) is 0 Å². The van der Waals surface area contributed by atoms with Crippen LogP contribution in [0.15, 0.2) is 0 Å². The molecule has 10 heavy (non-hydrogen) atoms. The van der Waals surface area contributed by atoms with Gasteiger partial charge in [0.1, 0.15) is 23.7 Å². The summed E-state index contributed by atoms with van der Waals surface area (Å²) in [5, 5.41) is 0. The number of rotatable bonds is 0. The fourth-order valence-corrected chi connectivity index (χ4v) is 0. The van der Waals surface area contributed by atoms with Crippen molar-refractivity contribution in [1.29, 1.82) is 0 Å². The number of carbonyl (C=O) groups excluding carboxylic acids is 2. The van der Waals surface area contributed by atoms with E-state index in [1.54, 1.807) is 0 Å². The van der Waals surface area contributed by atoms with Crippen molar-refractivity contribution in [1.82, 2.24) is 0 Å². The predicted octanol–water partition coefficient (Wildman–Crippen LogP) is 1.41. The Morgan fingerprint density at radius 1 is 1.00 bits per heavy atom. The maximum atomic E-state index is 9.46. The van der Waals surface area contributed by atoms with Crippen molar-refractivity contribution in [3.63, 3.8) is 0 Å². The van der Waals surface area contributed by atoms with Crippen molar-refractivity contribution in [2.24, 2.45) is 0 Å². The lowest BCUT2D eigenvalue weighted by molar-refractivity contribution is -0.132. The van der Waals surface area contributed by atoms with Crippen LogP contribution in [0.3, 0.4) is 0 Å². The molecule has 0 aromatic heterocycles. The quantitative estimate of drug-likeness (QED) is 0.577. The highest BCUT2D eigenvalue weighted by Crippen LogP contribution is 1.76. The summed E-state index contributed by atoms with van der Waals surface area (Å²) in [5.41, 5.74) is 0. The molecule has 4 nitrogen and oxygen atoms in total. The SMILES string of the molecule is CC(=O)OCl.CC(=O)OCl. The molecule has 0 atom stereocenters. The van der Waals surface area contributed by atoms with Crippen LogP contribution in [-0.4, -0.2) is 11.9 Å². The van der Waals surface area contributed by atoms with E-state index in [2.05, 4.69) is 32.3 Å². The molecule has 0 saturated heterocycles. The first-order valence-corrected chi connectivity index (χ1v) is 2.74. The van der Waals surface area contributed by atoms with Gasteiger partial charge in [0.25, 0.3) is 0 Å². The maximum Gasteiger partial charge on any atom is 0.321 e. The molecule has 0 aromatic carbocycles. The number of hydrogen-bond donors (Lipinski definition) is 0. The lowest BCUT2D eigenvalue weighted by Crippen LogP contribution is -1.82. The van der Waals surface area contributed by atoms with Gasteiger partial charge >= 0.3 is 11.9 Å². The Kier molecular flexibility index (Phi) is 10.4. The second kappa shape index (κ2) is 8.52. The molecule has 0 spiro atoms. The molecule has 0 rings (SSSR count). The van der Waals surface area contributed by atoms with E-state index in [4.69, 9.17) is 0 Å². The third-order valence-electron chi connectivity index (χ3n) is 0.217. The van der Waals surface area contributed by atoms with E-state index < -0.39 is 11.9 Å². The molecule has 0 aliphatic rings. The Hall–Kier alpha value is -0.480. The summed E-state index contributed by atoms with van der Waals surface area (Å²) < 4.78 is 7.17. The first-order valence-electron chi connectivity index (χ1n) is 2.13. The molecule has 0 saturated carbocycles. The molecule has 60 valence electrons. The first kappa shape index (κ1) is 12.2. The topological polar surface area (TPSA) is 52.6 Å². The monoisotopic (exact) mass is 188 g/mol. The maximum absolute atomic E-state index is 9.46. The van der Waals surface area contributed by atoms with Gasteiger partial charge in [-0.2, -0.15) is 0 Å². The van der Waals surface area contributed by atoms with Crippen molar-refractivity contribution >= 4 is 35.7 Å². The van der Waals surface area contributed by atoms with Gasteiger partial charge in [0.2, 0.25) is 0 Å². The molecule has 0 aliphatic carbocycles. The summed E-state index contributed by atoms with van der Waals surface area (Å²) in [4.78, 5) is 18.9. The minimum Gasteiger partial charge on any atom is -0.348 e. The number of halogens is 2. The summed E-state index contributed by atoms with van der Waals surface area (Å²) in [5.74, 6) is -0.960. The highest BCUT2D eigenvalue weighted by Gasteiger charge is 1.80. The van der Waals surface area contributed by atoms with E-state index >= 15 is 0 Å². The van der Waals surface area contributed by atoms with Crippen molar-refractivity contribution in [2.75, 3.05) is 0 Å². The Balaban J connectivity index is 0. The summed E-state index contributed by atoms with van der Waals surface area (Å²) in [6, 6.07) is 0. The third kappa shape index (κ3) is 25.8. The molecule has 0 unspecified atom stereocenters. The number of carbonyl (C=O) groups is 2. The second-order valence-electron chi connectivity index (χ2n) is 1.14. The third-order valence-corrected chi connectivity index (χ3v) is 0.652. The fraction of sp³-hybridized carbons (Fsp3) is 0.500. The highest BCUT2D eigenvalue weighted by atomic mass is 35.5. The molecule has 0 amide bonds. The van der Waals surface area contributed by atoms with Crippen LogP contribution in [0.25, 0.3) is 0 Å². The second-order valence-corrected chi connectivity index (χ2v) is 1.45. The van der Waals surface area contributed by atoms with E-state index in [9.17, 15) is 9.59 Å². The van der Waals surface area contributed by atoms with Crippen LogP contribution < -0.4 is 0 Å². The smallest absolute Gasteiger partial charge is 0.321 e. The van der Waals surface area contributed by atoms with Gasteiger partial charge in [-0.15, -0.1) is 0 Å². The van der Waals surface area contributed by atoms with Crippen LogP contribution in [0, 0.1) is 0 Å². The minimum atomic E-state index is -0.480. The fourth-order valence-electron chi connectivity index (χ4n) is 0. The lowest BCUT2D eigenvalue weighted by Gasteiger charge is -1.74. The van der Waals surface area contributed by atoms with Crippen LogP contribution in [-0.2, 0) is 18.2 Å². The molecule has 0 N–H and O–H groups in total. The zero-order chi connectivity index (χ0) is 8.57. The van der Waals surface area contributed by atoms with E-state index in [1.807, 2.05) is 0 Å². The Labute approximate surface area is 68.3 Å². The van der Waals surface area contributed by atoms with Gasteiger partial charge in [-0.1, -0.05) is 0 Å². The van der Waals surface area contributed by atoms with Crippen LogP contribution in [0.4, 0.5) is 0 Å². The van der Waals surface area contributed by atoms with Crippen LogP contribution in [0.1, 0.15) is 13.8 Å². The van der Waals surface area contributed by atoms with Gasteiger partial charge in [0, 0.05) is 13.8 Å². The Bertz CT molecular complexity index is 99.8. The minimum absolute atomic E-state index is 0.480. The van der Waals surface area contributed by atoms with Gasteiger partial charge in [0.15, 0.2) is 0 Å². The molecule has 0 aliphatic heterocycles. The van der Waals surface area contributed by atoms with Crippen LogP contribution >= 0.6 is 23.7 Å². The van der Waals surface area contributed by atoms with Crippen molar-refractivity contribution < 1.29 is 18.2 Å². The highest BCUT2D eigenvalue weighted by molar-refractivity contribution is 6.13. The molecule has 0 aromatic rings. The molecule has 6 heteroatoms. The average molecular weight is 189 g/mol. The van der Waals surface area contributed by atoms with E-state index in [1.165, 1.54) is 13.8 Å². The van der Waals surface area contributed by atoms with Crippen LogP contribution in [0.2, 0.25) is 0 Å². The number of hydrogen-bond acceptors (Lipinski definition) is 4. The van der Waals surface area contributed by atoms with Crippen molar-refractivity contribution in [3.05, 3.63) is 0 Å². The van der Waals surface area contributed by atoms with E-state index in [0.717, 1.165) is 0 Å². The van der Waals surface area contributed by atoms with Gasteiger partial charge < -0.3 is 8.58 Å². The molecule has 0 fully saturated rings. The van der Waals surface area contributed by atoms with Crippen molar-refractivity contribution in [3.8, 4) is 0 Å². The Morgan fingerprint density at radius 3 is 1.10 bits per heavy atom. The zero-order valence-corrected chi connectivity index (χ0v) is 6.90. The zero-order valence-electron chi connectivity index (χ0n) is 5.39. The van der Waals surface area contributed by atoms with Crippen molar-refractivity contribution in [2.45, 2.75) is 13.8 Å². The summed E-state index contributed by atoms with van der Waals surface area (Å²) in [6.07, 6.45) is 0. The first-order chi connectivity index (χ1) is 4.54. The molecular formula is C4H6Cl2O4. The average Bonchev–Trinajstić information content (AvgIpc) is 1.89. The largest absolute Gasteiger partial charge is 0.348 e. The standard InChI is InChI=1S/2C2H3ClO2/c2*1-2(4)5-3/h2*1H3. The molecule has 0 radical (unpaired) electrons. The Morgan fingerprint density at radius 2 is 1.10 bits per heavy atom. The molecule has 0 heterocycles. The van der Waals surface area contributed by atoms with Crippen LogP contribution in [0.5, 0.6) is 0 Å². The molecule has 0 bridgehead atoms. The van der Waals surface area contributed by atoms with E-state index in [0.29, 0.717) is 0 Å². The summed E-state index contributed by atoms with van der Waals surface area (Å²) in [7, 11) is 0. The summed E-state index contributed by atoms with van der Waals surface area (Å²) >= 11 is 8.97. The predicted molar refractivity (Wildman–Crippen MR) is 35.2 cm³/mol. The lowest BCUT2D eigenvalue weighted by atomic mass is 10.9. The van der Waals surface area contributed by atoms with Gasteiger partial charge in [-0.25, -0.2) is 0 Å². The van der Waals surface area contributed by atoms with E-state index in [-0.39, 0.29) is 0 Å².